The first-order valence-electron chi connectivity index (χ1n) is 8.93. The molecule has 7 heteroatoms. The monoisotopic (exact) mass is 392 g/mol. The molecular weight excluding hydrogens is 372 g/mol. The Morgan fingerprint density at radius 1 is 1.18 bits per heavy atom. The summed E-state index contributed by atoms with van der Waals surface area (Å²) in [6, 6.07) is 18.3. The number of nitriles is 1. The van der Waals surface area contributed by atoms with Gasteiger partial charge < -0.3 is 9.30 Å². The minimum Gasteiger partial charge on any atom is -0.483 e. The van der Waals surface area contributed by atoms with E-state index < -0.39 is 0 Å². The number of hydrogen-bond donors (Lipinski definition) is 0. The molecule has 3 rings (SSSR count). The topological polar surface area (TPSA) is 80.8 Å². The van der Waals surface area contributed by atoms with Crippen molar-refractivity contribution in [3.8, 4) is 11.8 Å². The maximum atomic E-state index is 12.4. The summed E-state index contributed by atoms with van der Waals surface area (Å²) in [5, 5.41) is 18.1. The highest BCUT2D eigenvalue weighted by Crippen LogP contribution is 2.25. The second-order valence-corrected chi connectivity index (χ2v) is 7.00. The number of carbonyl (C=O) groups excluding carboxylic acids is 1. The Labute approximate surface area is 168 Å². The van der Waals surface area contributed by atoms with Gasteiger partial charge in [-0.2, -0.15) is 5.26 Å². The van der Waals surface area contributed by atoms with Crippen LogP contribution in [0.15, 0.2) is 59.8 Å². The van der Waals surface area contributed by atoms with E-state index in [9.17, 15) is 4.79 Å². The van der Waals surface area contributed by atoms with E-state index in [1.54, 1.807) is 24.3 Å². The van der Waals surface area contributed by atoms with Gasteiger partial charge in [-0.1, -0.05) is 42.1 Å². The smallest absolute Gasteiger partial charge is 0.191 e. The first-order valence-corrected chi connectivity index (χ1v) is 9.92. The minimum atomic E-state index is -0.265. The number of aromatic nitrogens is 3. The van der Waals surface area contributed by atoms with E-state index in [0.29, 0.717) is 22.8 Å². The number of carbonyl (C=O) groups is 1. The number of ketones is 1. The first-order chi connectivity index (χ1) is 13.6. The van der Waals surface area contributed by atoms with Crippen LogP contribution in [0.5, 0.6) is 5.75 Å². The molecule has 0 spiro atoms. The lowest BCUT2D eigenvalue weighted by Gasteiger charge is -2.15. The highest BCUT2D eigenvalue weighted by molar-refractivity contribution is 7.99. The standard InChI is InChI=1S/C21H20N4O2S/c1-3-25-20(15(2)27-18-7-5-4-6-8-18)23-24-21(25)28-14-19(26)17-11-9-16(13-22)10-12-17/h4-12,15H,3,14H2,1-2H3. The lowest BCUT2D eigenvalue weighted by Crippen LogP contribution is -2.12. The fraction of sp³-hybridized carbons (Fsp3) is 0.238. The van der Waals surface area contributed by atoms with Gasteiger partial charge in [0.2, 0.25) is 0 Å². The van der Waals surface area contributed by atoms with Crippen molar-refractivity contribution in [2.75, 3.05) is 5.75 Å². The van der Waals surface area contributed by atoms with Crippen molar-refractivity contribution >= 4 is 17.5 Å². The fourth-order valence-corrected chi connectivity index (χ4v) is 3.61. The maximum absolute atomic E-state index is 12.4. The quantitative estimate of drug-likeness (QED) is 0.420. The summed E-state index contributed by atoms with van der Waals surface area (Å²) in [4.78, 5) is 12.4. The molecule has 3 aromatic rings. The van der Waals surface area contributed by atoms with Gasteiger partial charge in [-0.05, 0) is 38.1 Å². The van der Waals surface area contributed by atoms with Gasteiger partial charge in [0.15, 0.2) is 22.9 Å². The number of Topliss-reactive ketones (excluding diaryl/α,β-unsaturated/α-hetero) is 1. The van der Waals surface area contributed by atoms with Gasteiger partial charge in [-0.3, -0.25) is 4.79 Å². The van der Waals surface area contributed by atoms with Crippen molar-refractivity contribution in [1.82, 2.24) is 14.8 Å². The Hall–Kier alpha value is -3.11. The molecule has 0 aliphatic heterocycles. The molecule has 0 aliphatic carbocycles. The van der Waals surface area contributed by atoms with Crippen LogP contribution in [0.4, 0.5) is 0 Å². The van der Waals surface area contributed by atoms with Gasteiger partial charge in [0, 0.05) is 12.1 Å². The third-order valence-electron chi connectivity index (χ3n) is 4.15. The molecule has 1 atom stereocenters. The molecule has 1 unspecified atom stereocenters. The summed E-state index contributed by atoms with van der Waals surface area (Å²) >= 11 is 1.35. The number of rotatable bonds is 8. The van der Waals surface area contributed by atoms with Gasteiger partial charge in [0.05, 0.1) is 17.4 Å². The summed E-state index contributed by atoms with van der Waals surface area (Å²) in [6.07, 6.45) is -0.265. The minimum absolute atomic E-state index is 0.0183. The molecule has 0 fully saturated rings. The van der Waals surface area contributed by atoms with Crippen molar-refractivity contribution in [3.05, 3.63) is 71.5 Å². The summed E-state index contributed by atoms with van der Waals surface area (Å²) in [7, 11) is 0. The van der Waals surface area contributed by atoms with Crippen LogP contribution in [0, 0.1) is 11.3 Å². The van der Waals surface area contributed by atoms with Crippen LogP contribution in [-0.2, 0) is 6.54 Å². The molecule has 6 nitrogen and oxygen atoms in total. The molecule has 1 aromatic heterocycles. The average Bonchev–Trinajstić information content (AvgIpc) is 3.16. The predicted octanol–water partition coefficient (Wildman–Crippen LogP) is 4.28. The number of thioether (sulfide) groups is 1. The van der Waals surface area contributed by atoms with Crippen molar-refractivity contribution < 1.29 is 9.53 Å². The molecule has 0 bridgehead atoms. The second-order valence-electron chi connectivity index (χ2n) is 6.06. The van der Waals surface area contributed by atoms with Gasteiger partial charge in [-0.15, -0.1) is 10.2 Å². The van der Waals surface area contributed by atoms with E-state index in [-0.39, 0.29) is 17.6 Å². The van der Waals surface area contributed by atoms with Gasteiger partial charge in [0.25, 0.3) is 0 Å². The zero-order valence-corrected chi connectivity index (χ0v) is 16.5. The maximum Gasteiger partial charge on any atom is 0.191 e. The zero-order chi connectivity index (χ0) is 19.9. The van der Waals surface area contributed by atoms with E-state index in [0.717, 1.165) is 11.6 Å². The highest BCUT2D eigenvalue weighted by Gasteiger charge is 2.19. The predicted molar refractivity (Wildman–Crippen MR) is 107 cm³/mol. The number of nitrogens with zero attached hydrogens (tertiary/aromatic N) is 4. The highest BCUT2D eigenvalue weighted by atomic mass is 32.2. The normalized spacial score (nSPS) is 11.6. The number of ether oxygens (including phenoxy) is 1. The number of benzene rings is 2. The van der Waals surface area contributed by atoms with Crippen LogP contribution in [0.25, 0.3) is 0 Å². The lowest BCUT2D eigenvalue weighted by atomic mass is 10.1. The first kappa shape index (κ1) is 19.6. The van der Waals surface area contributed by atoms with E-state index in [1.165, 1.54) is 11.8 Å². The molecular formula is C21H20N4O2S. The molecule has 0 saturated heterocycles. The Balaban J connectivity index is 1.67. The molecule has 0 saturated carbocycles. The number of hydrogen-bond acceptors (Lipinski definition) is 6. The van der Waals surface area contributed by atoms with Crippen LogP contribution < -0.4 is 4.74 Å². The Bertz CT molecular complexity index is 978. The molecule has 0 aliphatic rings. The van der Waals surface area contributed by atoms with Crippen LogP contribution >= 0.6 is 11.8 Å². The van der Waals surface area contributed by atoms with Crippen molar-refractivity contribution in [3.63, 3.8) is 0 Å². The molecule has 0 N–H and O–H groups in total. The molecule has 0 radical (unpaired) electrons. The Morgan fingerprint density at radius 2 is 1.89 bits per heavy atom. The van der Waals surface area contributed by atoms with Gasteiger partial charge in [-0.25, -0.2) is 0 Å². The van der Waals surface area contributed by atoms with Crippen molar-refractivity contribution in [2.45, 2.75) is 31.7 Å². The summed E-state index contributed by atoms with van der Waals surface area (Å²) in [6.45, 7) is 4.62. The van der Waals surface area contributed by atoms with Crippen molar-refractivity contribution in [1.29, 1.82) is 5.26 Å². The second kappa shape index (κ2) is 9.20. The van der Waals surface area contributed by atoms with E-state index in [4.69, 9.17) is 10.00 Å². The summed E-state index contributed by atoms with van der Waals surface area (Å²) in [5.41, 5.74) is 1.11. The van der Waals surface area contributed by atoms with E-state index >= 15 is 0 Å². The Morgan fingerprint density at radius 3 is 2.54 bits per heavy atom. The average molecular weight is 392 g/mol. The number of para-hydroxylation sites is 1. The van der Waals surface area contributed by atoms with E-state index in [2.05, 4.69) is 10.2 Å². The SMILES string of the molecule is CCn1c(SCC(=O)c2ccc(C#N)cc2)nnc1C(C)Oc1ccccc1. The zero-order valence-electron chi connectivity index (χ0n) is 15.7. The largest absolute Gasteiger partial charge is 0.483 e. The van der Waals surface area contributed by atoms with Gasteiger partial charge in [0.1, 0.15) is 5.75 Å². The summed E-state index contributed by atoms with van der Waals surface area (Å²) < 4.78 is 7.91. The lowest BCUT2D eigenvalue weighted by molar-refractivity contribution is 0.102. The third-order valence-corrected chi connectivity index (χ3v) is 5.12. The molecule has 0 amide bonds. The van der Waals surface area contributed by atoms with E-state index in [1.807, 2.05) is 54.8 Å². The third kappa shape index (κ3) is 4.59. The molecule has 142 valence electrons. The molecule has 1 heterocycles. The molecule has 28 heavy (non-hydrogen) atoms. The van der Waals surface area contributed by atoms with Crippen LogP contribution in [0.2, 0.25) is 0 Å². The Kier molecular flexibility index (Phi) is 6.45. The summed E-state index contributed by atoms with van der Waals surface area (Å²) in [5.74, 6) is 1.72. The van der Waals surface area contributed by atoms with Crippen LogP contribution in [0.3, 0.4) is 0 Å². The van der Waals surface area contributed by atoms with Crippen LogP contribution in [-0.4, -0.2) is 26.3 Å². The molecule has 2 aromatic carbocycles. The van der Waals surface area contributed by atoms with Crippen molar-refractivity contribution in [2.24, 2.45) is 0 Å². The van der Waals surface area contributed by atoms with Crippen LogP contribution in [0.1, 0.15) is 41.7 Å². The fourth-order valence-electron chi connectivity index (χ4n) is 2.70. The van der Waals surface area contributed by atoms with Gasteiger partial charge >= 0.3 is 0 Å².